The highest BCUT2D eigenvalue weighted by Crippen LogP contribution is 2.36. The summed E-state index contributed by atoms with van der Waals surface area (Å²) in [6, 6.07) is 11.1. The molecule has 0 unspecified atom stereocenters. The molecule has 1 aliphatic heterocycles. The number of benzene rings is 2. The summed E-state index contributed by atoms with van der Waals surface area (Å²) in [5.74, 6) is 1.36. The molecule has 1 aliphatic rings. The van der Waals surface area contributed by atoms with Crippen LogP contribution >= 0.6 is 0 Å². The van der Waals surface area contributed by atoms with Crippen molar-refractivity contribution in [2.75, 3.05) is 26.6 Å². The van der Waals surface area contributed by atoms with Crippen molar-refractivity contribution in [3.63, 3.8) is 0 Å². The summed E-state index contributed by atoms with van der Waals surface area (Å²) >= 11 is 0. The van der Waals surface area contributed by atoms with Gasteiger partial charge in [-0.15, -0.1) is 0 Å². The molecule has 1 atom stereocenters. The van der Waals surface area contributed by atoms with Gasteiger partial charge in [0.05, 0.1) is 32.9 Å². The van der Waals surface area contributed by atoms with Gasteiger partial charge in [0.2, 0.25) is 0 Å². The average Bonchev–Trinajstić information content (AvgIpc) is 2.72. The van der Waals surface area contributed by atoms with Gasteiger partial charge in [0, 0.05) is 23.0 Å². The van der Waals surface area contributed by atoms with Crippen molar-refractivity contribution in [1.82, 2.24) is 10.6 Å². The van der Waals surface area contributed by atoms with E-state index in [9.17, 15) is 9.59 Å². The summed E-state index contributed by atoms with van der Waals surface area (Å²) in [5.41, 5.74) is 1.99. The quantitative estimate of drug-likeness (QED) is 0.696. The number of hydrogen-bond donors (Lipinski definition) is 3. The largest absolute Gasteiger partial charge is 0.497 e. The lowest BCUT2D eigenvalue weighted by Crippen LogP contribution is -2.46. The van der Waals surface area contributed by atoms with Crippen LogP contribution in [0.4, 0.5) is 10.5 Å². The highest BCUT2D eigenvalue weighted by Gasteiger charge is 2.33. The average molecular weight is 397 g/mol. The van der Waals surface area contributed by atoms with Gasteiger partial charge in [-0.2, -0.15) is 0 Å². The minimum atomic E-state index is -0.723. The number of urea groups is 1. The maximum absolute atomic E-state index is 13.1. The lowest BCUT2D eigenvalue weighted by atomic mass is 9.93. The fourth-order valence-electron chi connectivity index (χ4n) is 3.19. The topological polar surface area (TPSA) is 97.9 Å². The Balaban J connectivity index is 2.01. The van der Waals surface area contributed by atoms with Crippen LogP contribution in [0, 0.1) is 0 Å². The van der Waals surface area contributed by atoms with E-state index in [1.807, 2.05) is 0 Å². The van der Waals surface area contributed by atoms with Crippen LogP contribution in [0.5, 0.6) is 17.2 Å². The minimum absolute atomic E-state index is 0.360. The first kappa shape index (κ1) is 20.1. The van der Waals surface area contributed by atoms with Crippen LogP contribution in [0.25, 0.3) is 0 Å². The van der Waals surface area contributed by atoms with Gasteiger partial charge < -0.3 is 30.2 Å². The molecule has 0 saturated heterocycles. The van der Waals surface area contributed by atoms with Crippen LogP contribution in [-0.4, -0.2) is 33.3 Å². The highest BCUT2D eigenvalue weighted by atomic mass is 16.5. The number of carbonyl (C=O) groups is 2. The van der Waals surface area contributed by atoms with E-state index in [4.69, 9.17) is 14.2 Å². The lowest BCUT2D eigenvalue weighted by molar-refractivity contribution is -0.113. The Bertz CT molecular complexity index is 971. The predicted molar refractivity (Wildman–Crippen MR) is 108 cm³/mol. The number of nitrogens with one attached hydrogen (secondary N) is 3. The minimum Gasteiger partial charge on any atom is -0.497 e. The third-order valence-corrected chi connectivity index (χ3v) is 4.59. The molecular weight excluding hydrogens is 374 g/mol. The van der Waals surface area contributed by atoms with Crippen molar-refractivity contribution >= 4 is 17.6 Å². The van der Waals surface area contributed by atoms with E-state index in [0.29, 0.717) is 39.8 Å². The summed E-state index contributed by atoms with van der Waals surface area (Å²) in [7, 11) is 4.63. The zero-order valence-electron chi connectivity index (χ0n) is 16.7. The molecule has 3 amide bonds. The summed E-state index contributed by atoms with van der Waals surface area (Å²) in [4.78, 5) is 25.3. The second-order valence-corrected chi connectivity index (χ2v) is 6.36. The number of allylic oxidation sites excluding steroid dienone is 1. The summed E-state index contributed by atoms with van der Waals surface area (Å²) in [5, 5.41) is 8.31. The number of methoxy groups -OCH3 is 3. The first-order valence-electron chi connectivity index (χ1n) is 8.92. The molecule has 3 N–H and O–H groups in total. The van der Waals surface area contributed by atoms with Gasteiger partial charge in [-0.25, -0.2) is 4.79 Å². The molecule has 1 heterocycles. The Morgan fingerprint density at radius 3 is 2.41 bits per heavy atom. The number of carbonyl (C=O) groups excluding carboxylic acids is 2. The van der Waals surface area contributed by atoms with E-state index in [0.717, 1.165) is 0 Å². The molecule has 8 nitrogen and oxygen atoms in total. The van der Waals surface area contributed by atoms with E-state index in [1.165, 1.54) is 7.11 Å². The van der Waals surface area contributed by atoms with Gasteiger partial charge in [0.1, 0.15) is 17.2 Å². The summed E-state index contributed by atoms with van der Waals surface area (Å²) in [6.07, 6.45) is 0. The van der Waals surface area contributed by atoms with Crippen molar-refractivity contribution in [3.8, 4) is 17.2 Å². The molecule has 8 heteroatoms. The number of ether oxygens (including phenoxy) is 3. The van der Waals surface area contributed by atoms with E-state index < -0.39 is 12.1 Å². The third kappa shape index (κ3) is 4.26. The van der Waals surface area contributed by atoms with Gasteiger partial charge in [0.15, 0.2) is 0 Å². The highest BCUT2D eigenvalue weighted by molar-refractivity contribution is 6.07. The molecule has 0 fully saturated rings. The summed E-state index contributed by atoms with van der Waals surface area (Å²) < 4.78 is 15.9. The van der Waals surface area contributed by atoms with Crippen LogP contribution in [0.3, 0.4) is 0 Å². The zero-order chi connectivity index (χ0) is 21.0. The normalized spacial score (nSPS) is 15.9. The molecule has 0 radical (unpaired) electrons. The monoisotopic (exact) mass is 397 g/mol. The fourth-order valence-corrected chi connectivity index (χ4v) is 3.19. The first-order chi connectivity index (χ1) is 14.0. The van der Waals surface area contributed by atoms with Gasteiger partial charge in [-0.05, 0) is 37.3 Å². The molecule has 0 aromatic heterocycles. The van der Waals surface area contributed by atoms with E-state index in [1.54, 1.807) is 63.6 Å². The number of anilines is 1. The molecule has 0 bridgehead atoms. The fraction of sp³-hybridized carbons (Fsp3) is 0.238. The van der Waals surface area contributed by atoms with E-state index in [2.05, 4.69) is 16.0 Å². The molecule has 0 spiro atoms. The van der Waals surface area contributed by atoms with Crippen LogP contribution < -0.4 is 30.2 Å². The van der Waals surface area contributed by atoms with Gasteiger partial charge >= 0.3 is 6.03 Å². The third-order valence-electron chi connectivity index (χ3n) is 4.59. The van der Waals surface area contributed by atoms with Crippen LogP contribution in [0.1, 0.15) is 18.5 Å². The zero-order valence-corrected chi connectivity index (χ0v) is 16.7. The van der Waals surface area contributed by atoms with Crippen molar-refractivity contribution < 1.29 is 23.8 Å². The van der Waals surface area contributed by atoms with Gasteiger partial charge in [-0.3, -0.25) is 4.79 Å². The standard InChI is InChI=1S/C21H23N3O5/c1-12-18(20(25)23-13-6-5-7-14(10-13)27-2)19(24-21(26)22-12)16-11-15(28-3)8-9-17(16)29-4/h5-11,19H,1-4H3,(H,23,25)(H2,22,24,26)/t19-/m0/s1. The first-order valence-corrected chi connectivity index (χ1v) is 8.92. The van der Waals surface area contributed by atoms with Gasteiger partial charge in [-0.1, -0.05) is 6.07 Å². The Morgan fingerprint density at radius 1 is 1.00 bits per heavy atom. The van der Waals surface area contributed by atoms with Crippen molar-refractivity contribution in [3.05, 3.63) is 59.3 Å². The number of rotatable bonds is 6. The van der Waals surface area contributed by atoms with Crippen molar-refractivity contribution in [2.45, 2.75) is 13.0 Å². The molecule has 3 rings (SSSR count). The molecule has 152 valence electrons. The Morgan fingerprint density at radius 2 is 1.72 bits per heavy atom. The molecule has 2 aromatic rings. The lowest BCUT2D eigenvalue weighted by Gasteiger charge is -2.29. The smallest absolute Gasteiger partial charge is 0.319 e. The van der Waals surface area contributed by atoms with Gasteiger partial charge in [0.25, 0.3) is 5.91 Å². The Kier molecular flexibility index (Phi) is 5.92. The van der Waals surface area contributed by atoms with E-state index in [-0.39, 0.29) is 5.91 Å². The second kappa shape index (κ2) is 8.55. The maximum atomic E-state index is 13.1. The van der Waals surface area contributed by atoms with Crippen LogP contribution in [0.15, 0.2) is 53.7 Å². The van der Waals surface area contributed by atoms with E-state index >= 15 is 0 Å². The predicted octanol–water partition coefficient (Wildman–Crippen LogP) is 2.98. The molecular formula is C21H23N3O5. The molecule has 2 aromatic carbocycles. The van der Waals surface area contributed by atoms with Crippen LogP contribution in [0.2, 0.25) is 0 Å². The van der Waals surface area contributed by atoms with Crippen molar-refractivity contribution in [2.24, 2.45) is 0 Å². The molecule has 0 aliphatic carbocycles. The number of hydrogen-bond acceptors (Lipinski definition) is 5. The Labute approximate surface area is 168 Å². The SMILES string of the molecule is COc1cccc(NC(=O)C2=C(C)NC(=O)N[C@H]2c2cc(OC)ccc2OC)c1. The number of amides is 3. The second-order valence-electron chi connectivity index (χ2n) is 6.36. The van der Waals surface area contributed by atoms with Crippen LogP contribution in [-0.2, 0) is 4.79 Å². The summed E-state index contributed by atoms with van der Waals surface area (Å²) in [6.45, 7) is 1.68. The maximum Gasteiger partial charge on any atom is 0.319 e. The van der Waals surface area contributed by atoms with Crippen molar-refractivity contribution in [1.29, 1.82) is 0 Å². The molecule has 29 heavy (non-hydrogen) atoms. The molecule has 0 saturated carbocycles. The Hall–Kier alpha value is -3.68.